The summed E-state index contributed by atoms with van der Waals surface area (Å²) in [6.07, 6.45) is 7.70. The third kappa shape index (κ3) is 6.59. The number of amides is 2. The average molecular weight is 516 g/mol. The van der Waals surface area contributed by atoms with E-state index in [4.69, 9.17) is 9.97 Å². The lowest BCUT2D eigenvalue weighted by Crippen LogP contribution is -2.39. The molecule has 2 N–H and O–H groups in total. The number of aromatic nitrogens is 4. The Kier molecular flexibility index (Phi) is 8.63. The van der Waals surface area contributed by atoms with Crippen LogP contribution < -0.4 is 15.5 Å². The Labute approximate surface area is 220 Å². The number of nitrogens with one attached hydrogen (secondary N) is 2. The van der Waals surface area contributed by atoms with Crippen molar-refractivity contribution in [3.63, 3.8) is 0 Å². The van der Waals surface area contributed by atoms with Crippen LogP contribution >= 0.6 is 11.8 Å². The van der Waals surface area contributed by atoms with Gasteiger partial charge >= 0.3 is 0 Å². The second-order valence-corrected chi connectivity index (χ2v) is 9.35. The summed E-state index contributed by atoms with van der Waals surface area (Å²) in [5.41, 5.74) is 3.48. The summed E-state index contributed by atoms with van der Waals surface area (Å²) in [6, 6.07) is 13.4. The molecule has 0 aliphatic heterocycles. The molecule has 0 saturated heterocycles. The highest BCUT2D eigenvalue weighted by Crippen LogP contribution is 2.22. The molecule has 4 aromatic heterocycles. The van der Waals surface area contributed by atoms with Crippen LogP contribution in [0.5, 0.6) is 0 Å². The highest BCUT2D eigenvalue weighted by molar-refractivity contribution is 7.98. The molecule has 4 heterocycles. The lowest BCUT2D eigenvalue weighted by Gasteiger charge is -2.25. The molecule has 0 fully saturated rings. The molecule has 0 aromatic carbocycles. The van der Waals surface area contributed by atoms with Crippen molar-refractivity contribution < 1.29 is 9.59 Å². The Morgan fingerprint density at radius 2 is 1.95 bits per heavy atom. The lowest BCUT2D eigenvalue weighted by atomic mass is 10.2. The van der Waals surface area contributed by atoms with Gasteiger partial charge in [-0.05, 0) is 56.5 Å². The molecule has 0 spiro atoms. The van der Waals surface area contributed by atoms with Crippen LogP contribution in [0.15, 0.2) is 66.0 Å². The van der Waals surface area contributed by atoms with E-state index in [-0.39, 0.29) is 18.5 Å². The smallest absolute Gasteiger partial charge is 0.253 e. The van der Waals surface area contributed by atoms with E-state index in [2.05, 4.69) is 32.4 Å². The number of hydrogen-bond donors (Lipinski definition) is 2. The molecular weight excluding hydrogens is 486 g/mol. The Bertz CT molecular complexity index is 1400. The van der Waals surface area contributed by atoms with Crippen LogP contribution in [0.1, 0.15) is 29.9 Å². The number of pyridine rings is 4. The van der Waals surface area contributed by atoms with Crippen molar-refractivity contribution in [2.75, 3.05) is 24.2 Å². The van der Waals surface area contributed by atoms with Crippen molar-refractivity contribution in [1.29, 1.82) is 0 Å². The van der Waals surface area contributed by atoms with Gasteiger partial charge in [0.15, 0.2) is 0 Å². The maximum absolute atomic E-state index is 12.6. The quantitative estimate of drug-likeness (QED) is 0.230. The van der Waals surface area contributed by atoms with E-state index in [0.29, 0.717) is 17.8 Å². The van der Waals surface area contributed by atoms with Crippen molar-refractivity contribution in [2.45, 2.75) is 31.3 Å². The molecule has 1 unspecified atom stereocenters. The molecule has 37 heavy (non-hydrogen) atoms. The summed E-state index contributed by atoms with van der Waals surface area (Å²) in [6.45, 7) is 5.69. The van der Waals surface area contributed by atoms with Crippen LogP contribution in [0.2, 0.25) is 0 Å². The average Bonchev–Trinajstić information content (AvgIpc) is 2.94. The van der Waals surface area contributed by atoms with Crippen molar-refractivity contribution in [2.24, 2.45) is 0 Å². The second kappa shape index (κ2) is 12.3. The van der Waals surface area contributed by atoms with Crippen molar-refractivity contribution >= 4 is 40.8 Å². The van der Waals surface area contributed by atoms with Gasteiger partial charge < -0.3 is 15.5 Å². The predicted molar refractivity (Wildman–Crippen MR) is 147 cm³/mol. The van der Waals surface area contributed by atoms with Gasteiger partial charge in [-0.25, -0.2) is 9.97 Å². The zero-order valence-electron chi connectivity index (χ0n) is 21.0. The molecule has 0 radical (unpaired) electrons. The van der Waals surface area contributed by atoms with Crippen molar-refractivity contribution in [1.82, 2.24) is 30.6 Å². The molecule has 1 atom stereocenters. The molecule has 190 valence electrons. The zero-order valence-corrected chi connectivity index (χ0v) is 21.8. The van der Waals surface area contributed by atoms with Crippen LogP contribution in [-0.2, 0) is 11.3 Å². The number of likely N-dealkylation sites (N-methyl/N-ethyl adjacent to an activating group) is 1. The van der Waals surface area contributed by atoms with E-state index in [1.54, 1.807) is 18.6 Å². The van der Waals surface area contributed by atoms with Gasteiger partial charge in [-0.1, -0.05) is 6.07 Å². The molecule has 2 amide bonds. The first-order chi connectivity index (χ1) is 18.0. The minimum atomic E-state index is -0.203. The number of hydrogen-bond acceptors (Lipinski definition) is 8. The summed E-state index contributed by atoms with van der Waals surface area (Å²) in [7, 11) is 0. The molecule has 4 rings (SSSR count). The van der Waals surface area contributed by atoms with E-state index in [1.165, 1.54) is 11.8 Å². The van der Waals surface area contributed by atoms with E-state index in [1.807, 2.05) is 55.6 Å². The summed E-state index contributed by atoms with van der Waals surface area (Å²) < 4.78 is 0. The van der Waals surface area contributed by atoms with Gasteiger partial charge in [0.25, 0.3) is 5.91 Å². The summed E-state index contributed by atoms with van der Waals surface area (Å²) >= 11 is 1.54. The molecule has 9 nitrogen and oxygen atoms in total. The maximum Gasteiger partial charge on any atom is 0.253 e. The van der Waals surface area contributed by atoms with Crippen LogP contribution in [0.4, 0.5) is 5.82 Å². The summed E-state index contributed by atoms with van der Waals surface area (Å²) in [5.74, 6) is 0.616. The fourth-order valence-electron chi connectivity index (χ4n) is 3.85. The van der Waals surface area contributed by atoms with Gasteiger partial charge in [0.2, 0.25) is 6.41 Å². The minimum absolute atomic E-state index is 0.00106. The van der Waals surface area contributed by atoms with Crippen molar-refractivity contribution in [3.05, 3.63) is 72.3 Å². The van der Waals surface area contributed by atoms with Crippen LogP contribution in [-0.4, -0.2) is 57.6 Å². The predicted octanol–water partition coefficient (Wildman–Crippen LogP) is 3.70. The molecule has 10 heteroatoms. The Hall–Kier alpha value is -4.05. The highest BCUT2D eigenvalue weighted by Gasteiger charge is 2.13. The number of fused-ring (bicyclic) bond motifs is 1. The second-order valence-electron chi connectivity index (χ2n) is 8.47. The lowest BCUT2D eigenvalue weighted by molar-refractivity contribution is -0.110. The van der Waals surface area contributed by atoms with Gasteiger partial charge in [-0.2, -0.15) is 0 Å². The fraction of sp³-hybridized carbons (Fsp3) is 0.259. The zero-order chi connectivity index (χ0) is 26.2. The number of carbonyl (C=O) groups excluding carboxylic acids is 2. The molecule has 0 aliphatic rings. The third-order valence-electron chi connectivity index (χ3n) is 5.82. The largest absolute Gasteiger partial charge is 0.355 e. The first-order valence-electron chi connectivity index (χ1n) is 12.0. The van der Waals surface area contributed by atoms with Gasteiger partial charge in [-0.15, -0.1) is 11.8 Å². The Morgan fingerprint density at radius 3 is 2.73 bits per heavy atom. The number of carbonyl (C=O) groups is 2. The van der Waals surface area contributed by atoms with Crippen LogP contribution in [0.3, 0.4) is 0 Å². The maximum atomic E-state index is 12.6. The Balaban J connectivity index is 1.52. The normalized spacial score (nSPS) is 11.6. The van der Waals surface area contributed by atoms with Crippen molar-refractivity contribution in [3.8, 4) is 11.4 Å². The standard InChI is InChI=1S/C27H29N7O2S/c1-4-34(16-18(2)31-17-35)26-7-5-6-23(33-26)24-9-8-19-13-29-21(11-25(19)32-24)14-30-27(36)20-10-22(37-3)15-28-12-20/h5-13,15,17-18H,4,14,16H2,1-3H3,(H,30,36)(H,31,35). The molecular formula is C27H29N7O2S. The Morgan fingerprint density at radius 1 is 1.11 bits per heavy atom. The summed E-state index contributed by atoms with van der Waals surface area (Å²) in [4.78, 5) is 44.6. The summed E-state index contributed by atoms with van der Waals surface area (Å²) in [5, 5.41) is 6.59. The van der Waals surface area contributed by atoms with Gasteiger partial charge in [0.05, 0.1) is 34.7 Å². The van der Waals surface area contributed by atoms with Crippen LogP contribution in [0.25, 0.3) is 22.3 Å². The number of anilines is 1. The number of rotatable bonds is 11. The first-order valence-corrected chi connectivity index (χ1v) is 13.2. The topological polar surface area (TPSA) is 113 Å². The number of thioether (sulfide) groups is 1. The molecule has 0 bridgehead atoms. The van der Waals surface area contributed by atoms with E-state index in [0.717, 1.165) is 46.0 Å². The van der Waals surface area contributed by atoms with E-state index in [9.17, 15) is 9.59 Å². The van der Waals surface area contributed by atoms with Crippen LogP contribution in [0, 0.1) is 0 Å². The molecule has 4 aromatic rings. The molecule has 0 aliphatic carbocycles. The van der Waals surface area contributed by atoms with Gasteiger partial charge in [0, 0.05) is 48.0 Å². The monoisotopic (exact) mass is 515 g/mol. The minimum Gasteiger partial charge on any atom is -0.355 e. The fourth-order valence-corrected chi connectivity index (χ4v) is 4.26. The van der Waals surface area contributed by atoms with E-state index < -0.39 is 0 Å². The van der Waals surface area contributed by atoms with E-state index >= 15 is 0 Å². The van der Waals surface area contributed by atoms with Gasteiger partial charge in [0.1, 0.15) is 5.82 Å². The van der Waals surface area contributed by atoms with Gasteiger partial charge in [-0.3, -0.25) is 19.6 Å². The SMILES string of the molecule is CCN(CC(C)NC=O)c1cccc(-c2ccc3cnc(CNC(=O)c4cncc(SC)c4)cc3n2)n1. The third-order valence-corrected chi connectivity index (χ3v) is 6.52. The highest BCUT2D eigenvalue weighted by atomic mass is 32.2. The molecule has 0 saturated carbocycles. The first kappa shape index (κ1) is 26.0. The number of nitrogens with zero attached hydrogens (tertiary/aromatic N) is 5.